The summed E-state index contributed by atoms with van der Waals surface area (Å²) in [4.78, 5) is 25.3. The van der Waals surface area contributed by atoms with Gasteiger partial charge in [0, 0.05) is 22.9 Å². The number of hydrogen-bond acceptors (Lipinski definition) is 3. The second-order valence-corrected chi connectivity index (χ2v) is 7.64. The summed E-state index contributed by atoms with van der Waals surface area (Å²) in [6, 6.07) is 4.22. The van der Waals surface area contributed by atoms with Gasteiger partial charge >= 0.3 is 6.03 Å². The van der Waals surface area contributed by atoms with Gasteiger partial charge in [0.25, 0.3) is 0 Å². The second kappa shape index (κ2) is 6.69. The lowest BCUT2D eigenvalue weighted by molar-refractivity contribution is -0.126. The molecule has 5 nitrogen and oxygen atoms in total. The number of carbonyl (C=O) groups is 2. The molecule has 2 aliphatic rings. The molecule has 2 saturated carbocycles. The first kappa shape index (κ1) is 15.3. The molecule has 0 bridgehead atoms. The Morgan fingerprint density at radius 2 is 1.91 bits per heavy atom. The van der Waals surface area contributed by atoms with Gasteiger partial charge in [-0.25, -0.2) is 4.79 Å². The molecule has 2 fully saturated rings. The first-order valence-corrected chi connectivity index (χ1v) is 8.86. The Balaban J connectivity index is 1.46. The highest BCUT2D eigenvalue weighted by Crippen LogP contribution is 2.27. The Hall–Kier alpha value is -1.56. The van der Waals surface area contributed by atoms with Crippen LogP contribution >= 0.6 is 11.3 Å². The van der Waals surface area contributed by atoms with E-state index < -0.39 is 0 Å². The zero-order chi connectivity index (χ0) is 15.5. The van der Waals surface area contributed by atoms with Crippen LogP contribution in [-0.4, -0.2) is 24.0 Å². The standard InChI is InChI=1S/C16H23N3O2S/c1-10-5-8-14(22-10)19-16(21)18-13-4-2-3-11(9-13)15(20)17-12-6-7-12/h5,8,11-13H,2-4,6-7,9H2,1H3,(H,17,20)(H2,18,19,21)/t11-,13+/m1/s1. The molecule has 1 aromatic rings. The van der Waals surface area contributed by atoms with E-state index in [0.717, 1.165) is 43.5 Å². The Morgan fingerprint density at radius 3 is 2.59 bits per heavy atom. The SMILES string of the molecule is Cc1ccc(NC(=O)N[C@H]2CCC[C@@H](C(=O)NC3CC3)C2)s1. The zero-order valence-corrected chi connectivity index (χ0v) is 13.7. The normalized spacial score (nSPS) is 24.6. The Kier molecular flexibility index (Phi) is 4.66. The molecule has 1 heterocycles. The summed E-state index contributed by atoms with van der Waals surface area (Å²) in [7, 11) is 0. The molecule has 0 aliphatic heterocycles. The van der Waals surface area contributed by atoms with E-state index in [0.29, 0.717) is 6.04 Å². The van der Waals surface area contributed by atoms with Crippen molar-refractivity contribution in [2.45, 2.75) is 57.5 Å². The van der Waals surface area contributed by atoms with Crippen LogP contribution in [0.15, 0.2) is 12.1 Å². The van der Waals surface area contributed by atoms with Crippen LogP contribution in [0, 0.1) is 12.8 Å². The van der Waals surface area contributed by atoms with E-state index in [4.69, 9.17) is 0 Å². The van der Waals surface area contributed by atoms with Crippen molar-refractivity contribution in [3.05, 3.63) is 17.0 Å². The molecule has 3 rings (SSSR count). The average molecular weight is 321 g/mol. The quantitative estimate of drug-likeness (QED) is 0.798. The monoisotopic (exact) mass is 321 g/mol. The van der Waals surface area contributed by atoms with E-state index in [1.165, 1.54) is 4.88 Å². The van der Waals surface area contributed by atoms with Gasteiger partial charge in [0.1, 0.15) is 0 Å². The molecule has 2 atom stereocenters. The van der Waals surface area contributed by atoms with Crippen LogP contribution in [0.5, 0.6) is 0 Å². The maximum Gasteiger partial charge on any atom is 0.320 e. The molecule has 0 aromatic carbocycles. The molecule has 2 aliphatic carbocycles. The Bertz CT molecular complexity index is 553. The minimum absolute atomic E-state index is 0.0450. The minimum Gasteiger partial charge on any atom is -0.353 e. The van der Waals surface area contributed by atoms with Gasteiger partial charge in [-0.1, -0.05) is 6.42 Å². The first-order chi connectivity index (χ1) is 10.6. The van der Waals surface area contributed by atoms with Crippen molar-refractivity contribution in [3.63, 3.8) is 0 Å². The van der Waals surface area contributed by atoms with Crippen molar-refractivity contribution < 1.29 is 9.59 Å². The van der Waals surface area contributed by atoms with Crippen LogP contribution in [0.3, 0.4) is 0 Å². The van der Waals surface area contributed by atoms with Crippen LogP contribution in [0.4, 0.5) is 9.80 Å². The van der Waals surface area contributed by atoms with Crippen molar-refractivity contribution in [1.29, 1.82) is 0 Å². The molecular weight excluding hydrogens is 298 g/mol. The summed E-state index contributed by atoms with van der Waals surface area (Å²) < 4.78 is 0. The van der Waals surface area contributed by atoms with Gasteiger partial charge in [-0.05, 0) is 51.2 Å². The third-order valence-corrected chi connectivity index (χ3v) is 5.20. The van der Waals surface area contributed by atoms with Crippen LogP contribution in [-0.2, 0) is 4.79 Å². The van der Waals surface area contributed by atoms with E-state index in [1.54, 1.807) is 11.3 Å². The van der Waals surface area contributed by atoms with Gasteiger partial charge in [0.15, 0.2) is 0 Å². The number of amides is 3. The van der Waals surface area contributed by atoms with Crippen LogP contribution < -0.4 is 16.0 Å². The van der Waals surface area contributed by atoms with Crippen molar-refractivity contribution in [1.82, 2.24) is 10.6 Å². The highest BCUT2D eigenvalue weighted by molar-refractivity contribution is 7.16. The fraction of sp³-hybridized carbons (Fsp3) is 0.625. The third-order valence-electron chi connectivity index (χ3n) is 4.28. The maximum atomic E-state index is 12.1. The number of carbonyl (C=O) groups excluding carboxylic acids is 2. The zero-order valence-electron chi connectivity index (χ0n) is 12.9. The van der Waals surface area contributed by atoms with Crippen LogP contribution in [0.25, 0.3) is 0 Å². The smallest absolute Gasteiger partial charge is 0.320 e. The summed E-state index contributed by atoms with van der Waals surface area (Å²) in [5.74, 6) is 0.215. The number of hydrogen-bond donors (Lipinski definition) is 3. The Morgan fingerprint density at radius 1 is 1.09 bits per heavy atom. The lowest BCUT2D eigenvalue weighted by atomic mass is 9.85. The number of thiophene rings is 1. The van der Waals surface area contributed by atoms with Crippen LogP contribution in [0.2, 0.25) is 0 Å². The maximum absolute atomic E-state index is 12.1. The van der Waals surface area contributed by atoms with Gasteiger partial charge in [-0.2, -0.15) is 0 Å². The summed E-state index contributed by atoms with van der Waals surface area (Å²) in [6.07, 6.45) is 5.85. The van der Waals surface area contributed by atoms with Crippen molar-refractivity contribution in [2.24, 2.45) is 5.92 Å². The van der Waals surface area contributed by atoms with E-state index >= 15 is 0 Å². The topological polar surface area (TPSA) is 70.2 Å². The summed E-state index contributed by atoms with van der Waals surface area (Å²) in [6.45, 7) is 2.01. The number of nitrogens with one attached hydrogen (secondary N) is 3. The van der Waals surface area contributed by atoms with E-state index in [2.05, 4.69) is 16.0 Å². The van der Waals surface area contributed by atoms with Crippen LogP contribution in [0.1, 0.15) is 43.4 Å². The van der Waals surface area contributed by atoms with Gasteiger partial charge in [-0.3, -0.25) is 10.1 Å². The van der Waals surface area contributed by atoms with Gasteiger partial charge in [0.2, 0.25) is 5.91 Å². The predicted octanol–water partition coefficient (Wildman–Crippen LogP) is 3.02. The molecule has 120 valence electrons. The van der Waals surface area contributed by atoms with Crippen molar-refractivity contribution in [3.8, 4) is 0 Å². The third kappa shape index (κ3) is 4.22. The minimum atomic E-state index is -0.171. The number of urea groups is 1. The first-order valence-electron chi connectivity index (χ1n) is 8.04. The average Bonchev–Trinajstić information content (AvgIpc) is 3.20. The van der Waals surface area contributed by atoms with Crippen molar-refractivity contribution >= 4 is 28.3 Å². The summed E-state index contributed by atoms with van der Waals surface area (Å²) >= 11 is 1.56. The molecule has 0 spiro atoms. The molecule has 6 heteroatoms. The molecule has 3 N–H and O–H groups in total. The second-order valence-electron chi connectivity index (χ2n) is 6.35. The fourth-order valence-electron chi connectivity index (χ4n) is 2.94. The highest BCUT2D eigenvalue weighted by atomic mass is 32.1. The molecule has 0 unspecified atom stereocenters. The molecule has 0 radical (unpaired) electrons. The lowest BCUT2D eigenvalue weighted by Crippen LogP contribution is -2.44. The van der Waals surface area contributed by atoms with Gasteiger partial charge in [-0.15, -0.1) is 11.3 Å². The van der Waals surface area contributed by atoms with Gasteiger partial charge in [0.05, 0.1) is 5.00 Å². The molecule has 22 heavy (non-hydrogen) atoms. The van der Waals surface area contributed by atoms with Gasteiger partial charge < -0.3 is 10.6 Å². The Labute approximate surface area is 134 Å². The van der Waals surface area contributed by atoms with E-state index in [9.17, 15) is 9.59 Å². The summed E-state index contributed by atoms with van der Waals surface area (Å²) in [5, 5.41) is 9.80. The molecule has 1 aromatic heterocycles. The van der Waals surface area contributed by atoms with E-state index in [-0.39, 0.29) is 23.9 Å². The fourth-order valence-corrected chi connectivity index (χ4v) is 3.70. The predicted molar refractivity (Wildman–Crippen MR) is 88.1 cm³/mol. The molecular formula is C16H23N3O2S. The highest BCUT2D eigenvalue weighted by Gasteiger charge is 2.31. The number of anilines is 1. The largest absolute Gasteiger partial charge is 0.353 e. The number of rotatable bonds is 4. The van der Waals surface area contributed by atoms with E-state index in [1.807, 2.05) is 19.1 Å². The molecule has 3 amide bonds. The summed E-state index contributed by atoms with van der Waals surface area (Å²) in [5.41, 5.74) is 0. The lowest BCUT2D eigenvalue weighted by Gasteiger charge is -2.29. The molecule has 0 saturated heterocycles. The number of aryl methyl sites for hydroxylation is 1. The van der Waals surface area contributed by atoms with Crippen molar-refractivity contribution in [2.75, 3.05) is 5.32 Å².